The Morgan fingerprint density at radius 3 is 2.50 bits per heavy atom. The maximum Gasteiger partial charge on any atom is 0.389 e. The summed E-state index contributed by atoms with van der Waals surface area (Å²) < 4.78 is 35.7. The van der Waals surface area contributed by atoms with Gasteiger partial charge in [0, 0.05) is 18.3 Å². The molecule has 1 fully saturated rings. The van der Waals surface area contributed by atoms with Gasteiger partial charge in [-0.25, -0.2) is 0 Å². The van der Waals surface area contributed by atoms with E-state index in [0.717, 1.165) is 19.3 Å². The van der Waals surface area contributed by atoms with Crippen molar-refractivity contribution in [1.29, 1.82) is 0 Å². The Kier molecular flexibility index (Phi) is 5.90. The van der Waals surface area contributed by atoms with Crippen LogP contribution in [0, 0.1) is 5.92 Å². The van der Waals surface area contributed by atoms with Crippen LogP contribution in [0.25, 0.3) is 0 Å². The zero-order valence-electron chi connectivity index (χ0n) is 9.32. The van der Waals surface area contributed by atoms with Crippen molar-refractivity contribution < 1.29 is 13.2 Å². The predicted octanol–water partition coefficient (Wildman–Crippen LogP) is 3.72. The summed E-state index contributed by atoms with van der Waals surface area (Å²) in [6.45, 7) is 0.442. The summed E-state index contributed by atoms with van der Waals surface area (Å²) in [5, 5.41) is 3.21. The number of hydrogen-bond donors (Lipinski definition) is 1. The first-order valence-electron chi connectivity index (χ1n) is 5.89. The molecule has 2 atom stereocenters. The number of hydrogen-bond acceptors (Lipinski definition) is 1. The van der Waals surface area contributed by atoms with Gasteiger partial charge in [-0.2, -0.15) is 13.2 Å². The third-order valence-electron chi connectivity index (χ3n) is 3.15. The van der Waals surface area contributed by atoms with Crippen molar-refractivity contribution in [2.75, 3.05) is 12.4 Å². The highest BCUT2D eigenvalue weighted by Gasteiger charge is 2.27. The molecule has 0 heterocycles. The number of rotatable bonds is 5. The fourth-order valence-electron chi connectivity index (χ4n) is 2.24. The minimum Gasteiger partial charge on any atom is -0.314 e. The molecular formula is C11H19ClF3N. The first-order chi connectivity index (χ1) is 7.53. The second-order valence-electron chi connectivity index (χ2n) is 4.48. The molecule has 5 heteroatoms. The van der Waals surface area contributed by atoms with Crippen molar-refractivity contribution in [1.82, 2.24) is 5.32 Å². The summed E-state index contributed by atoms with van der Waals surface area (Å²) in [5.41, 5.74) is 0. The number of nitrogens with one attached hydrogen (secondary N) is 1. The van der Waals surface area contributed by atoms with Crippen LogP contribution in [0.3, 0.4) is 0 Å². The lowest BCUT2D eigenvalue weighted by molar-refractivity contribution is -0.135. The van der Waals surface area contributed by atoms with Crippen LogP contribution in [0.15, 0.2) is 0 Å². The summed E-state index contributed by atoms with van der Waals surface area (Å²) in [6.07, 6.45) is -0.0698. The Morgan fingerprint density at radius 1 is 1.19 bits per heavy atom. The van der Waals surface area contributed by atoms with E-state index in [9.17, 15) is 13.2 Å². The average Bonchev–Trinajstić information content (AvgIpc) is 2.23. The quantitative estimate of drug-likeness (QED) is 0.585. The molecule has 0 amide bonds. The minimum atomic E-state index is -4.03. The second kappa shape index (κ2) is 6.70. The molecule has 0 radical (unpaired) electrons. The summed E-state index contributed by atoms with van der Waals surface area (Å²) in [5.74, 6) is 1.04. The van der Waals surface area contributed by atoms with E-state index in [1.54, 1.807) is 0 Å². The van der Waals surface area contributed by atoms with Gasteiger partial charge >= 0.3 is 6.18 Å². The van der Waals surface area contributed by atoms with Gasteiger partial charge in [-0.05, 0) is 31.7 Å². The largest absolute Gasteiger partial charge is 0.389 e. The van der Waals surface area contributed by atoms with Gasteiger partial charge in [0.05, 0.1) is 0 Å². The summed E-state index contributed by atoms with van der Waals surface area (Å²) in [4.78, 5) is 0. The molecule has 1 N–H and O–H groups in total. The van der Waals surface area contributed by atoms with Crippen LogP contribution in [0.5, 0.6) is 0 Å². The summed E-state index contributed by atoms with van der Waals surface area (Å²) in [6, 6.07) is 0.319. The fourth-order valence-corrected chi connectivity index (χ4v) is 2.61. The van der Waals surface area contributed by atoms with Crippen molar-refractivity contribution in [3.63, 3.8) is 0 Å². The molecule has 0 saturated heterocycles. The van der Waals surface area contributed by atoms with Crippen molar-refractivity contribution >= 4 is 11.6 Å². The normalized spacial score (nSPS) is 27.0. The Balaban J connectivity index is 2.15. The third-order valence-corrected chi connectivity index (χ3v) is 3.55. The molecule has 0 aliphatic heterocycles. The van der Waals surface area contributed by atoms with Crippen LogP contribution in [0.1, 0.15) is 38.5 Å². The van der Waals surface area contributed by atoms with Gasteiger partial charge in [-0.1, -0.05) is 12.8 Å². The van der Waals surface area contributed by atoms with Crippen molar-refractivity contribution in [3.8, 4) is 0 Å². The van der Waals surface area contributed by atoms with Crippen LogP contribution < -0.4 is 5.32 Å². The maximum atomic E-state index is 11.9. The molecule has 1 rings (SSSR count). The smallest absolute Gasteiger partial charge is 0.314 e. The van der Waals surface area contributed by atoms with Gasteiger partial charge in [-0.3, -0.25) is 0 Å². The molecule has 16 heavy (non-hydrogen) atoms. The zero-order valence-corrected chi connectivity index (χ0v) is 10.1. The molecule has 0 aromatic carbocycles. The molecule has 0 spiro atoms. The zero-order chi connectivity index (χ0) is 12.0. The van der Waals surface area contributed by atoms with Crippen LogP contribution >= 0.6 is 11.6 Å². The molecule has 1 aliphatic carbocycles. The van der Waals surface area contributed by atoms with E-state index >= 15 is 0 Å². The van der Waals surface area contributed by atoms with Gasteiger partial charge < -0.3 is 5.32 Å². The van der Waals surface area contributed by atoms with Gasteiger partial charge in [-0.15, -0.1) is 11.6 Å². The van der Waals surface area contributed by atoms with Gasteiger partial charge in [0.2, 0.25) is 0 Å². The number of alkyl halides is 4. The Morgan fingerprint density at radius 2 is 1.88 bits per heavy atom. The van der Waals surface area contributed by atoms with Crippen LogP contribution in [-0.4, -0.2) is 24.6 Å². The number of halogens is 4. The average molecular weight is 258 g/mol. The molecule has 1 nitrogen and oxygen atoms in total. The SMILES string of the molecule is FC(F)(F)CCCNC1CCCCC1CCl. The topological polar surface area (TPSA) is 12.0 Å². The van der Waals surface area contributed by atoms with Gasteiger partial charge in [0.1, 0.15) is 0 Å². The van der Waals surface area contributed by atoms with Crippen molar-refractivity contribution in [2.45, 2.75) is 50.7 Å². The Bertz CT molecular complexity index is 196. The molecule has 0 aromatic rings. The lowest BCUT2D eigenvalue weighted by Gasteiger charge is -2.31. The minimum absolute atomic E-state index is 0.162. The van der Waals surface area contributed by atoms with Crippen molar-refractivity contribution in [2.24, 2.45) is 5.92 Å². The maximum absolute atomic E-state index is 11.9. The Hall–Kier alpha value is 0.0400. The lowest BCUT2D eigenvalue weighted by Crippen LogP contribution is -2.40. The molecular weight excluding hydrogens is 239 g/mol. The van der Waals surface area contributed by atoms with Gasteiger partial charge in [0.25, 0.3) is 0 Å². The fraction of sp³-hybridized carbons (Fsp3) is 1.00. The third kappa shape index (κ3) is 5.39. The van der Waals surface area contributed by atoms with E-state index < -0.39 is 12.6 Å². The highest BCUT2D eigenvalue weighted by molar-refractivity contribution is 6.18. The highest BCUT2D eigenvalue weighted by Crippen LogP contribution is 2.26. The monoisotopic (exact) mass is 257 g/mol. The van der Waals surface area contributed by atoms with E-state index in [-0.39, 0.29) is 6.42 Å². The first kappa shape index (κ1) is 14.1. The molecule has 0 aromatic heterocycles. The van der Waals surface area contributed by atoms with E-state index in [1.165, 1.54) is 6.42 Å². The van der Waals surface area contributed by atoms with E-state index in [1.807, 2.05) is 0 Å². The summed E-state index contributed by atoms with van der Waals surface area (Å²) in [7, 11) is 0. The molecule has 2 unspecified atom stereocenters. The van der Waals surface area contributed by atoms with E-state index in [0.29, 0.717) is 24.4 Å². The molecule has 1 saturated carbocycles. The first-order valence-corrected chi connectivity index (χ1v) is 6.42. The standard InChI is InChI=1S/C11H19ClF3N/c12-8-9-4-1-2-5-10(9)16-7-3-6-11(13,14)15/h9-10,16H,1-8H2. The lowest BCUT2D eigenvalue weighted by atomic mass is 9.86. The van der Waals surface area contributed by atoms with Crippen LogP contribution in [0.4, 0.5) is 13.2 Å². The molecule has 1 aliphatic rings. The summed E-state index contributed by atoms with van der Waals surface area (Å²) >= 11 is 5.84. The highest BCUT2D eigenvalue weighted by atomic mass is 35.5. The van der Waals surface area contributed by atoms with Gasteiger partial charge in [0.15, 0.2) is 0 Å². The van der Waals surface area contributed by atoms with Crippen LogP contribution in [-0.2, 0) is 0 Å². The van der Waals surface area contributed by atoms with Crippen molar-refractivity contribution in [3.05, 3.63) is 0 Å². The van der Waals surface area contributed by atoms with Crippen LogP contribution in [0.2, 0.25) is 0 Å². The second-order valence-corrected chi connectivity index (χ2v) is 4.79. The molecule has 0 bridgehead atoms. The van der Waals surface area contributed by atoms with E-state index in [2.05, 4.69) is 5.32 Å². The Labute approximate surface area is 99.7 Å². The molecule has 96 valence electrons. The predicted molar refractivity (Wildman–Crippen MR) is 59.8 cm³/mol. The van der Waals surface area contributed by atoms with E-state index in [4.69, 9.17) is 11.6 Å².